The third kappa shape index (κ3) is 3.79. The predicted molar refractivity (Wildman–Crippen MR) is 160 cm³/mol. The van der Waals surface area contributed by atoms with Crippen LogP contribution >= 0.6 is 0 Å². The van der Waals surface area contributed by atoms with Crippen LogP contribution in [0.5, 0.6) is 23.0 Å². The molecule has 234 valence electrons. The van der Waals surface area contributed by atoms with Crippen LogP contribution in [0.15, 0.2) is 46.9 Å². The van der Waals surface area contributed by atoms with E-state index in [1.807, 2.05) is 0 Å². The van der Waals surface area contributed by atoms with Gasteiger partial charge >= 0.3 is 0 Å². The summed E-state index contributed by atoms with van der Waals surface area (Å²) in [5.74, 6) is -4.46. The number of Topliss-reactive ketones (excluding diaryl/α,β-unsaturated/α-hetero) is 3. The average Bonchev–Trinajstić information content (AvgIpc) is 2.93. The topological polar surface area (TPSA) is 160 Å². The van der Waals surface area contributed by atoms with Crippen LogP contribution in [0, 0.1) is 22.7 Å². The number of benzene rings is 2. The number of ketones is 3. The Bertz CT molecular complexity index is 1700. The standard InChI is InChI=1S/C34H38O10/c1-15(2)24-26(37)22(16(3)35)30(39)34(41)31(40)25-27(38)23-19(13-32(25,4)14-33(24,34)5)17(9-11-20(23)36)18-10-12-21(42-6)29(44-8)28(18)43-7/h9-12,15,24,36-37,40-41H,13-14H2,1-8H3/t24?,32-,33-,34+/m1/s1. The highest BCUT2D eigenvalue weighted by Crippen LogP contribution is 2.65. The van der Waals surface area contributed by atoms with E-state index < -0.39 is 56.8 Å². The van der Waals surface area contributed by atoms with E-state index in [0.717, 1.165) is 6.92 Å². The zero-order valence-corrected chi connectivity index (χ0v) is 26.1. The van der Waals surface area contributed by atoms with Gasteiger partial charge in [0.1, 0.15) is 22.8 Å². The highest BCUT2D eigenvalue weighted by atomic mass is 16.5. The average molecular weight is 607 g/mol. The Morgan fingerprint density at radius 3 is 2.09 bits per heavy atom. The summed E-state index contributed by atoms with van der Waals surface area (Å²) < 4.78 is 16.7. The van der Waals surface area contributed by atoms with Crippen molar-refractivity contribution in [3.8, 4) is 34.1 Å². The smallest absolute Gasteiger partial charge is 0.209 e. The number of hydrogen-bond acceptors (Lipinski definition) is 10. The normalized spacial score (nSPS) is 28.0. The fourth-order valence-electron chi connectivity index (χ4n) is 8.30. The summed E-state index contributed by atoms with van der Waals surface area (Å²) in [6.45, 7) is 8.04. The van der Waals surface area contributed by atoms with Crippen molar-refractivity contribution in [2.75, 3.05) is 21.3 Å². The van der Waals surface area contributed by atoms with Crippen LogP contribution in [0.1, 0.15) is 57.0 Å². The van der Waals surface area contributed by atoms with E-state index in [9.17, 15) is 34.8 Å². The monoisotopic (exact) mass is 606 g/mol. The van der Waals surface area contributed by atoms with E-state index in [4.69, 9.17) is 14.2 Å². The molecule has 0 aromatic heterocycles. The number of hydrogen-bond donors (Lipinski definition) is 4. The molecule has 3 aliphatic rings. The summed E-state index contributed by atoms with van der Waals surface area (Å²) in [7, 11) is 4.45. The van der Waals surface area contributed by atoms with Crippen molar-refractivity contribution in [1.82, 2.24) is 0 Å². The SMILES string of the molecule is COc1ccc(-c2ccc(O)c3c2C[C@]2(C)C[C@]4(C)C(C(C)C)C(O)=C(C(C)=O)C(=O)[C@]4(O)C(O)=C2C3=O)c(OC)c1OC. The fourth-order valence-corrected chi connectivity index (χ4v) is 8.30. The molecule has 4 atom stereocenters. The lowest BCUT2D eigenvalue weighted by atomic mass is 9.44. The number of aliphatic hydroxyl groups excluding tert-OH is 2. The molecule has 5 rings (SSSR count). The number of ether oxygens (including phenoxy) is 3. The number of aromatic hydroxyl groups is 1. The lowest BCUT2D eigenvalue weighted by Gasteiger charge is -2.59. The van der Waals surface area contributed by atoms with Gasteiger partial charge in [0.15, 0.2) is 28.7 Å². The second-order valence-electron chi connectivity index (χ2n) is 12.8. The van der Waals surface area contributed by atoms with Crippen LogP contribution in [0.2, 0.25) is 0 Å². The maximum atomic E-state index is 14.4. The van der Waals surface area contributed by atoms with Crippen molar-refractivity contribution in [3.05, 3.63) is 58.1 Å². The largest absolute Gasteiger partial charge is 0.511 e. The summed E-state index contributed by atoms with van der Waals surface area (Å²) in [4.78, 5) is 40.8. The lowest BCUT2D eigenvalue weighted by molar-refractivity contribution is -0.171. The number of fused-ring (bicyclic) bond motifs is 3. The van der Waals surface area contributed by atoms with Gasteiger partial charge in [-0.25, -0.2) is 0 Å². The van der Waals surface area contributed by atoms with Crippen molar-refractivity contribution in [1.29, 1.82) is 0 Å². The molecule has 4 N–H and O–H groups in total. The summed E-state index contributed by atoms with van der Waals surface area (Å²) >= 11 is 0. The minimum absolute atomic E-state index is 0.0108. The van der Waals surface area contributed by atoms with E-state index in [2.05, 4.69) is 0 Å². The van der Waals surface area contributed by atoms with Crippen molar-refractivity contribution < 1.29 is 49.0 Å². The molecular weight excluding hydrogens is 568 g/mol. The second-order valence-corrected chi connectivity index (χ2v) is 12.8. The first-order chi connectivity index (χ1) is 20.5. The Balaban J connectivity index is 1.82. The van der Waals surface area contributed by atoms with Gasteiger partial charge < -0.3 is 34.6 Å². The van der Waals surface area contributed by atoms with Gasteiger partial charge in [-0.05, 0) is 55.0 Å². The Kier molecular flexibility index (Phi) is 7.16. The van der Waals surface area contributed by atoms with E-state index in [1.54, 1.807) is 45.9 Å². The van der Waals surface area contributed by atoms with Gasteiger partial charge in [-0.3, -0.25) is 14.4 Å². The first-order valence-corrected chi connectivity index (χ1v) is 14.4. The molecular formula is C34H38O10. The third-order valence-corrected chi connectivity index (χ3v) is 9.88. The first kappa shape index (κ1) is 31.1. The van der Waals surface area contributed by atoms with Crippen molar-refractivity contribution in [2.24, 2.45) is 22.7 Å². The Morgan fingerprint density at radius 1 is 0.932 bits per heavy atom. The number of aliphatic hydroxyl groups is 3. The third-order valence-electron chi connectivity index (χ3n) is 9.88. The minimum Gasteiger partial charge on any atom is -0.511 e. The molecule has 44 heavy (non-hydrogen) atoms. The molecule has 2 aromatic carbocycles. The summed E-state index contributed by atoms with van der Waals surface area (Å²) in [6, 6.07) is 6.48. The molecule has 0 aliphatic heterocycles. The molecule has 0 radical (unpaired) electrons. The van der Waals surface area contributed by atoms with Gasteiger partial charge in [0, 0.05) is 27.9 Å². The maximum absolute atomic E-state index is 14.4. The van der Waals surface area contributed by atoms with Crippen LogP contribution in [-0.4, -0.2) is 64.7 Å². The zero-order valence-electron chi connectivity index (χ0n) is 26.1. The quantitative estimate of drug-likeness (QED) is 0.328. The van der Waals surface area contributed by atoms with Gasteiger partial charge in [0.25, 0.3) is 0 Å². The number of phenols is 1. The second kappa shape index (κ2) is 10.1. The molecule has 0 spiro atoms. The molecule has 1 unspecified atom stereocenters. The predicted octanol–water partition coefficient (Wildman–Crippen LogP) is 5.04. The first-order valence-electron chi connectivity index (χ1n) is 14.4. The molecule has 0 saturated heterocycles. The Morgan fingerprint density at radius 2 is 1.55 bits per heavy atom. The van der Waals surface area contributed by atoms with E-state index in [1.165, 1.54) is 27.4 Å². The Labute approximate surface area is 255 Å². The van der Waals surface area contributed by atoms with Crippen LogP contribution < -0.4 is 14.2 Å². The van der Waals surface area contributed by atoms with Crippen LogP contribution in [0.3, 0.4) is 0 Å². The fraction of sp³-hybridized carbons (Fsp3) is 0.441. The molecule has 0 bridgehead atoms. The molecule has 10 heteroatoms. The maximum Gasteiger partial charge on any atom is 0.209 e. The lowest BCUT2D eigenvalue weighted by Crippen LogP contribution is -2.67. The van der Waals surface area contributed by atoms with Gasteiger partial charge in [0.05, 0.1) is 26.9 Å². The molecule has 10 nitrogen and oxygen atoms in total. The van der Waals surface area contributed by atoms with Crippen molar-refractivity contribution >= 4 is 17.3 Å². The zero-order chi connectivity index (χ0) is 32.7. The van der Waals surface area contributed by atoms with Crippen LogP contribution in [0.25, 0.3) is 11.1 Å². The van der Waals surface area contributed by atoms with Gasteiger partial charge in [0.2, 0.25) is 11.5 Å². The van der Waals surface area contributed by atoms with Gasteiger partial charge in [-0.2, -0.15) is 0 Å². The molecule has 0 amide bonds. The van der Waals surface area contributed by atoms with Crippen LogP contribution in [-0.2, 0) is 16.0 Å². The molecule has 0 saturated carbocycles. The molecule has 0 heterocycles. The number of rotatable bonds is 6. The van der Waals surface area contributed by atoms with Crippen LogP contribution in [0.4, 0.5) is 0 Å². The highest BCUT2D eigenvalue weighted by molar-refractivity contribution is 6.25. The minimum atomic E-state index is -2.67. The molecule has 2 aromatic rings. The number of carbonyl (C=O) groups is 3. The number of carbonyl (C=O) groups excluding carboxylic acids is 3. The van der Waals surface area contributed by atoms with Crippen molar-refractivity contribution in [3.63, 3.8) is 0 Å². The van der Waals surface area contributed by atoms with Crippen molar-refractivity contribution in [2.45, 2.75) is 53.1 Å². The summed E-state index contributed by atoms with van der Waals surface area (Å²) in [6.07, 6.45) is 0.104. The molecule has 3 aliphatic carbocycles. The number of methoxy groups -OCH3 is 3. The van der Waals surface area contributed by atoms with E-state index >= 15 is 0 Å². The van der Waals surface area contributed by atoms with Gasteiger partial charge in [-0.1, -0.05) is 33.8 Å². The number of allylic oxidation sites excluding steroid dienone is 2. The van der Waals surface area contributed by atoms with Gasteiger partial charge in [-0.15, -0.1) is 0 Å². The highest BCUT2D eigenvalue weighted by Gasteiger charge is 2.71. The van der Waals surface area contributed by atoms with E-state index in [0.29, 0.717) is 33.9 Å². The summed E-state index contributed by atoms with van der Waals surface area (Å²) in [5, 5.41) is 46.4. The molecule has 0 fully saturated rings. The number of phenolic OH excluding ortho intramolecular Hbond substituents is 1. The Hall–Kier alpha value is -4.31. The van der Waals surface area contributed by atoms with E-state index in [-0.39, 0.29) is 35.6 Å². The summed E-state index contributed by atoms with van der Waals surface area (Å²) in [5.41, 5.74) is -4.63.